The third-order valence-corrected chi connectivity index (χ3v) is 3.32. The van der Waals surface area contributed by atoms with Crippen LogP contribution in [0.1, 0.15) is 12.5 Å². The fraction of sp³-hybridized carbons (Fsp3) is 0.417. The highest BCUT2D eigenvalue weighted by Crippen LogP contribution is 2.22. The lowest BCUT2D eigenvalue weighted by Gasteiger charge is -2.18. The zero-order valence-electron chi connectivity index (χ0n) is 9.71. The Labute approximate surface area is 120 Å². The third-order valence-electron chi connectivity index (χ3n) is 2.29. The van der Waals surface area contributed by atoms with Crippen molar-refractivity contribution in [3.63, 3.8) is 0 Å². The maximum absolute atomic E-state index is 11.9. The summed E-state index contributed by atoms with van der Waals surface area (Å²) in [7, 11) is 1.79. The van der Waals surface area contributed by atoms with E-state index in [1.54, 1.807) is 24.1 Å². The van der Waals surface area contributed by atoms with Crippen LogP contribution in [0, 0.1) is 0 Å². The van der Waals surface area contributed by atoms with E-state index in [1.807, 2.05) is 13.0 Å². The van der Waals surface area contributed by atoms with Gasteiger partial charge >= 0.3 is 0 Å². The van der Waals surface area contributed by atoms with Crippen LogP contribution in [-0.4, -0.2) is 29.2 Å². The summed E-state index contributed by atoms with van der Waals surface area (Å²) in [6, 6.07) is 5.25. The van der Waals surface area contributed by atoms with E-state index < -0.39 is 0 Å². The van der Waals surface area contributed by atoms with Crippen molar-refractivity contribution in [2.45, 2.75) is 18.2 Å². The number of benzene rings is 1. The van der Waals surface area contributed by atoms with Crippen LogP contribution >= 0.6 is 39.1 Å². The van der Waals surface area contributed by atoms with Gasteiger partial charge in [0.15, 0.2) is 0 Å². The summed E-state index contributed by atoms with van der Waals surface area (Å²) in [5.41, 5.74) is 0.874. The van der Waals surface area contributed by atoms with E-state index in [4.69, 9.17) is 23.2 Å². The average Bonchev–Trinajstić information content (AvgIpc) is 2.22. The second-order valence-electron chi connectivity index (χ2n) is 3.98. The predicted octanol–water partition coefficient (Wildman–Crippen LogP) is 3.78. The molecule has 1 aromatic rings. The van der Waals surface area contributed by atoms with E-state index in [2.05, 4.69) is 15.9 Å². The average molecular weight is 339 g/mol. The second-order valence-corrected chi connectivity index (χ2v) is 6.36. The SMILES string of the molecule is CC(Br)CN(C)C(=O)Cc1ccc(Cl)c(Cl)c1. The Morgan fingerprint density at radius 2 is 2.06 bits per heavy atom. The van der Waals surface area contributed by atoms with Crippen molar-refractivity contribution in [1.29, 1.82) is 0 Å². The Morgan fingerprint density at radius 3 is 2.59 bits per heavy atom. The van der Waals surface area contributed by atoms with E-state index in [0.29, 0.717) is 23.0 Å². The molecule has 5 heteroatoms. The highest BCUT2D eigenvalue weighted by Gasteiger charge is 2.12. The highest BCUT2D eigenvalue weighted by molar-refractivity contribution is 9.09. The number of nitrogens with zero attached hydrogens (tertiary/aromatic N) is 1. The number of halogens is 3. The molecule has 0 aromatic heterocycles. The Hall–Kier alpha value is -0.250. The van der Waals surface area contributed by atoms with Gasteiger partial charge in [-0.25, -0.2) is 0 Å². The molecule has 0 aliphatic rings. The number of rotatable bonds is 4. The van der Waals surface area contributed by atoms with Crippen molar-refractivity contribution in [1.82, 2.24) is 4.90 Å². The molecule has 1 unspecified atom stereocenters. The molecule has 1 atom stereocenters. The summed E-state index contributed by atoms with van der Waals surface area (Å²) in [6.45, 7) is 2.68. The molecule has 0 spiro atoms. The van der Waals surface area contributed by atoms with E-state index in [-0.39, 0.29) is 10.7 Å². The summed E-state index contributed by atoms with van der Waals surface area (Å²) in [5, 5.41) is 0.985. The highest BCUT2D eigenvalue weighted by atomic mass is 79.9. The smallest absolute Gasteiger partial charge is 0.226 e. The van der Waals surface area contributed by atoms with Crippen LogP contribution in [0.15, 0.2) is 18.2 Å². The van der Waals surface area contributed by atoms with Gasteiger partial charge in [-0.1, -0.05) is 52.1 Å². The number of carbonyl (C=O) groups is 1. The first-order chi connectivity index (χ1) is 7.90. The zero-order chi connectivity index (χ0) is 13.0. The van der Waals surface area contributed by atoms with Crippen LogP contribution < -0.4 is 0 Å². The molecule has 0 bridgehead atoms. The summed E-state index contributed by atoms with van der Waals surface area (Å²) in [6.07, 6.45) is 0.340. The number of alkyl halides is 1. The molecule has 1 amide bonds. The summed E-state index contributed by atoms with van der Waals surface area (Å²) < 4.78 is 0. The molecular weight excluding hydrogens is 325 g/mol. The van der Waals surface area contributed by atoms with E-state index in [0.717, 1.165) is 5.56 Å². The number of amides is 1. The Kier molecular flexibility index (Phi) is 5.77. The van der Waals surface area contributed by atoms with E-state index >= 15 is 0 Å². The monoisotopic (exact) mass is 337 g/mol. The number of carbonyl (C=O) groups excluding carboxylic acids is 1. The van der Waals surface area contributed by atoms with Crippen LogP contribution in [0.3, 0.4) is 0 Å². The van der Waals surface area contributed by atoms with Crippen LogP contribution in [-0.2, 0) is 11.2 Å². The van der Waals surface area contributed by atoms with Gasteiger partial charge in [-0.15, -0.1) is 0 Å². The first-order valence-electron chi connectivity index (χ1n) is 5.22. The van der Waals surface area contributed by atoms with Crippen LogP contribution in [0.5, 0.6) is 0 Å². The molecule has 0 aliphatic heterocycles. The molecule has 0 radical (unpaired) electrons. The quantitative estimate of drug-likeness (QED) is 0.765. The molecule has 0 saturated heterocycles. The molecule has 0 fully saturated rings. The largest absolute Gasteiger partial charge is 0.344 e. The van der Waals surface area contributed by atoms with Crippen molar-refractivity contribution in [3.8, 4) is 0 Å². The van der Waals surface area contributed by atoms with Crippen molar-refractivity contribution in [3.05, 3.63) is 33.8 Å². The number of hydrogen-bond acceptors (Lipinski definition) is 1. The summed E-state index contributed by atoms with van der Waals surface area (Å²) in [5.74, 6) is 0.0645. The first-order valence-corrected chi connectivity index (χ1v) is 6.89. The van der Waals surface area contributed by atoms with Gasteiger partial charge in [-0.2, -0.15) is 0 Å². The van der Waals surface area contributed by atoms with Gasteiger partial charge in [0.25, 0.3) is 0 Å². The zero-order valence-corrected chi connectivity index (χ0v) is 12.8. The fourth-order valence-corrected chi connectivity index (χ4v) is 2.19. The maximum Gasteiger partial charge on any atom is 0.226 e. The Bertz CT molecular complexity index is 409. The van der Waals surface area contributed by atoms with Gasteiger partial charge in [-0.05, 0) is 17.7 Å². The predicted molar refractivity (Wildman–Crippen MR) is 76.2 cm³/mol. The van der Waals surface area contributed by atoms with Crippen molar-refractivity contribution in [2.75, 3.05) is 13.6 Å². The van der Waals surface area contributed by atoms with Crippen molar-refractivity contribution < 1.29 is 4.79 Å². The van der Waals surface area contributed by atoms with Crippen molar-refractivity contribution >= 4 is 45.0 Å². The minimum atomic E-state index is 0.0645. The Balaban J connectivity index is 2.64. The fourth-order valence-electron chi connectivity index (χ4n) is 1.44. The van der Waals surface area contributed by atoms with E-state index in [9.17, 15) is 4.79 Å². The van der Waals surface area contributed by atoms with Gasteiger partial charge < -0.3 is 4.90 Å². The van der Waals surface area contributed by atoms with Crippen LogP contribution in [0.4, 0.5) is 0 Å². The third kappa shape index (κ3) is 4.86. The maximum atomic E-state index is 11.9. The second kappa shape index (κ2) is 6.62. The van der Waals surface area contributed by atoms with Gasteiger partial charge in [0.2, 0.25) is 5.91 Å². The lowest BCUT2D eigenvalue weighted by Crippen LogP contribution is -2.32. The van der Waals surface area contributed by atoms with Crippen LogP contribution in [0.2, 0.25) is 10.0 Å². The minimum absolute atomic E-state index is 0.0645. The first kappa shape index (κ1) is 14.8. The molecule has 1 rings (SSSR count). The van der Waals surface area contributed by atoms with Gasteiger partial charge in [-0.3, -0.25) is 4.79 Å². The molecule has 1 aromatic carbocycles. The van der Waals surface area contributed by atoms with Crippen molar-refractivity contribution in [2.24, 2.45) is 0 Å². The molecule has 0 saturated carbocycles. The minimum Gasteiger partial charge on any atom is -0.344 e. The molecule has 0 heterocycles. The van der Waals surface area contributed by atoms with Gasteiger partial charge in [0, 0.05) is 18.4 Å². The Morgan fingerprint density at radius 1 is 1.41 bits per heavy atom. The van der Waals surface area contributed by atoms with Gasteiger partial charge in [0.1, 0.15) is 0 Å². The van der Waals surface area contributed by atoms with Crippen LogP contribution in [0.25, 0.3) is 0 Å². The summed E-state index contributed by atoms with van der Waals surface area (Å²) in [4.78, 5) is 13.9. The standard InChI is InChI=1S/C12H14BrCl2NO/c1-8(13)7-16(2)12(17)6-9-3-4-10(14)11(15)5-9/h3-5,8H,6-7H2,1-2H3. The molecular formula is C12H14BrCl2NO. The molecule has 0 N–H and O–H groups in total. The molecule has 94 valence electrons. The number of likely N-dealkylation sites (N-methyl/N-ethyl adjacent to an activating group) is 1. The summed E-state index contributed by atoms with van der Waals surface area (Å²) >= 11 is 15.1. The lowest BCUT2D eigenvalue weighted by atomic mass is 10.1. The molecule has 17 heavy (non-hydrogen) atoms. The van der Waals surface area contributed by atoms with E-state index in [1.165, 1.54) is 0 Å². The normalized spacial score (nSPS) is 12.3. The number of hydrogen-bond donors (Lipinski definition) is 0. The van der Waals surface area contributed by atoms with Gasteiger partial charge in [0.05, 0.1) is 16.5 Å². The topological polar surface area (TPSA) is 20.3 Å². The lowest BCUT2D eigenvalue weighted by molar-refractivity contribution is -0.129. The molecule has 0 aliphatic carbocycles. The molecule has 2 nitrogen and oxygen atoms in total.